The highest BCUT2D eigenvalue weighted by Crippen LogP contribution is 2.75. The van der Waals surface area contributed by atoms with Gasteiger partial charge in [0.05, 0.1) is 12.0 Å². The molecule has 10 atom stereocenters. The Bertz CT molecular complexity index is 1150. The number of ether oxygens (including phenoxy) is 1. The minimum Gasteiger partial charge on any atom is -0.481 e. The third kappa shape index (κ3) is 3.85. The highest BCUT2D eigenvalue weighted by molar-refractivity contribution is 5.95. The van der Waals surface area contributed by atoms with E-state index in [1.54, 1.807) is 0 Å². The van der Waals surface area contributed by atoms with Crippen LogP contribution in [0.4, 0.5) is 0 Å². The van der Waals surface area contributed by atoms with E-state index in [9.17, 15) is 24.6 Å². The van der Waals surface area contributed by atoms with Crippen LogP contribution >= 0.6 is 0 Å². The minimum atomic E-state index is -1.04. The molecule has 224 valence electrons. The first-order valence-corrected chi connectivity index (χ1v) is 15.5. The molecular weight excluding hydrogens is 506 g/mol. The SMILES string of the molecule is CC1(C)[C@@H](OC(=O)[C@@H](N)CO)CC[C@]2(C)[C@H]3C(=O)C=C4[C@@H]5C[C@@](C)(C(=O)O)CC[C@]5(C)CC[C@@]4(C)[C@]3(C)CC[C@@H]12. The van der Waals surface area contributed by atoms with E-state index in [2.05, 4.69) is 41.5 Å². The van der Waals surface area contributed by atoms with Crippen LogP contribution in [-0.4, -0.2) is 46.7 Å². The van der Waals surface area contributed by atoms with Gasteiger partial charge in [-0.1, -0.05) is 47.1 Å². The second-order valence-electron chi connectivity index (χ2n) is 16.1. The Balaban J connectivity index is 1.52. The molecule has 4 N–H and O–H groups in total. The smallest absolute Gasteiger partial charge is 0.325 e. The quantitative estimate of drug-likeness (QED) is 0.401. The number of carboxylic acids is 1. The summed E-state index contributed by atoms with van der Waals surface area (Å²) in [5.41, 5.74) is 5.27. The Morgan fingerprint density at radius 2 is 1.65 bits per heavy atom. The first kappa shape index (κ1) is 29.8. The first-order chi connectivity index (χ1) is 18.4. The lowest BCUT2D eigenvalue weighted by Crippen LogP contribution is -2.67. The van der Waals surface area contributed by atoms with E-state index in [-0.39, 0.29) is 56.7 Å². The maximum absolute atomic E-state index is 14.4. The molecule has 4 fully saturated rings. The summed E-state index contributed by atoms with van der Waals surface area (Å²) in [6, 6.07) is -1.04. The molecule has 0 aromatic rings. The van der Waals surface area contributed by atoms with Crippen LogP contribution in [0.25, 0.3) is 0 Å². The molecule has 0 amide bonds. The number of hydrogen-bond donors (Lipinski definition) is 3. The third-order valence-electron chi connectivity index (χ3n) is 13.8. The second kappa shape index (κ2) is 9.13. The molecule has 0 aliphatic heterocycles. The molecule has 0 aromatic carbocycles. The van der Waals surface area contributed by atoms with Gasteiger partial charge in [0.15, 0.2) is 5.78 Å². The van der Waals surface area contributed by atoms with E-state index in [1.807, 2.05) is 13.0 Å². The van der Waals surface area contributed by atoms with Crippen molar-refractivity contribution in [1.82, 2.24) is 0 Å². The average Bonchev–Trinajstić information content (AvgIpc) is 2.87. The van der Waals surface area contributed by atoms with Gasteiger partial charge in [0.25, 0.3) is 0 Å². The monoisotopic (exact) mass is 557 g/mol. The van der Waals surface area contributed by atoms with Gasteiger partial charge in [-0.2, -0.15) is 0 Å². The van der Waals surface area contributed by atoms with Gasteiger partial charge in [-0.3, -0.25) is 14.4 Å². The van der Waals surface area contributed by atoms with Crippen LogP contribution in [0.5, 0.6) is 0 Å². The summed E-state index contributed by atoms with van der Waals surface area (Å²) >= 11 is 0. The number of carbonyl (C=O) groups excluding carboxylic acids is 2. The number of allylic oxidation sites excluding steroid dienone is 2. The van der Waals surface area contributed by atoms with Gasteiger partial charge in [-0.05, 0) is 104 Å². The lowest BCUT2D eigenvalue weighted by molar-refractivity contribution is -0.211. The highest BCUT2D eigenvalue weighted by atomic mass is 16.5. The number of aliphatic carboxylic acids is 1. The fourth-order valence-electron chi connectivity index (χ4n) is 10.9. The summed E-state index contributed by atoms with van der Waals surface area (Å²) < 4.78 is 5.89. The second-order valence-corrected chi connectivity index (χ2v) is 16.1. The first-order valence-electron chi connectivity index (χ1n) is 15.5. The molecular formula is C33H51NO6. The Kier molecular flexibility index (Phi) is 6.79. The van der Waals surface area contributed by atoms with E-state index < -0.39 is 30.0 Å². The van der Waals surface area contributed by atoms with Crippen LogP contribution in [0.1, 0.15) is 106 Å². The van der Waals surface area contributed by atoms with E-state index >= 15 is 0 Å². The zero-order valence-electron chi connectivity index (χ0n) is 25.6. The number of rotatable bonds is 4. The molecule has 0 saturated heterocycles. The van der Waals surface area contributed by atoms with Gasteiger partial charge in [0.2, 0.25) is 0 Å². The van der Waals surface area contributed by atoms with Crippen molar-refractivity contribution in [1.29, 1.82) is 0 Å². The van der Waals surface area contributed by atoms with E-state index in [4.69, 9.17) is 10.5 Å². The number of aliphatic hydroxyl groups excluding tert-OH is 1. The van der Waals surface area contributed by atoms with Crippen molar-refractivity contribution < 1.29 is 29.3 Å². The molecule has 7 heteroatoms. The number of fused-ring (bicyclic) bond motifs is 7. The predicted molar refractivity (Wildman–Crippen MR) is 152 cm³/mol. The number of aliphatic hydroxyl groups is 1. The standard InChI is InChI=1S/C33H51NO6/c1-28(2)23-8-11-33(7)25(31(23,5)10-9-24(28)40-26(37)21(34)18-35)22(36)16-19-20-17-30(4,27(38)39)13-12-29(20,3)14-15-32(19,33)6/h16,20-21,23-25,35H,8-15,17-18,34H2,1-7H3,(H,38,39)/t20-,21-,23-,24-,25+,29+,30-,31-,32+,33+/m0/s1. The van der Waals surface area contributed by atoms with Crippen molar-refractivity contribution in [3.8, 4) is 0 Å². The predicted octanol–water partition coefficient (Wildman–Crippen LogP) is 5.28. The Morgan fingerprint density at radius 1 is 1.00 bits per heavy atom. The number of hydrogen-bond acceptors (Lipinski definition) is 6. The van der Waals surface area contributed by atoms with Crippen LogP contribution in [0.15, 0.2) is 11.6 Å². The van der Waals surface area contributed by atoms with Crippen molar-refractivity contribution >= 4 is 17.7 Å². The molecule has 0 bridgehead atoms. The molecule has 0 radical (unpaired) electrons. The van der Waals surface area contributed by atoms with Crippen molar-refractivity contribution in [3.05, 3.63) is 11.6 Å². The van der Waals surface area contributed by atoms with Crippen molar-refractivity contribution in [2.45, 2.75) is 118 Å². The number of ketones is 1. The van der Waals surface area contributed by atoms with Crippen molar-refractivity contribution in [2.24, 2.45) is 56.0 Å². The van der Waals surface area contributed by atoms with E-state index in [1.165, 1.54) is 5.57 Å². The Labute approximate surface area is 239 Å². The molecule has 5 aliphatic rings. The number of carbonyl (C=O) groups is 3. The summed E-state index contributed by atoms with van der Waals surface area (Å²) in [5.74, 6) is -0.914. The summed E-state index contributed by atoms with van der Waals surface area (Å²) in [5, 5.41) is 19.5. The average molecular weight is 558 g/mol. The van der Waals surface area contributed by atoms with Gasteiger partial charge < -0.3 is 20.7 Å². The van der Waals surface area contributed by atoms with Gasteiger partial charge in [0.1, 0.15) is 12.1 Å². The number of nitrogens with two attached hydrogens (primary N) is 1. The van der Waals surface area contributed by atoms with Crippen LogP contribution < -0.4 is 5.73 Å². The van der Waals surface area contributed by atoms with Crippen LogP contribution in [0.2, 0.25) is 0 Å². The number of esters is 1. The summed E-state index contributed by atoms with van der Waals surface area (Å²) in [6.07, 6.45) is 9.25. The Morgan fingerprint density at radius 3 is 2.27 bits per heavy atom. The van der Waals surface area contributed by atoms with Crippen LogP contribution in [-0.2, 0) is 19.1 Å². The topological polar surface area (TPSA) is 127 Å². The zero-order chi connectivity index (χ0) is 29.7. The van der Waals surface area contributed by atoms with Gasteiger partial charge in [-0.15, -0.1) is 0 Å². The largest absolute Gasteiger partial charge is 0.481 e. The van der Waals surface area contributed by atoms with Gasteiger partial charge in [-0.25, -0.2) is 0 Å². The maximum atomic E-state index is 14.4. The lowest BCUT2D eigenvalue weighted by atomic mass is 9.33. The third-order valence-corrected chi connectivity index (χ3v) is 13.8. The van der Waals surface area contributed by atoms with Crippen LogP contribution in [0, 0.1) is 50.2 Å². The van der Waals surface area contributed by atoms with E-state index in [0.29, 0.717) is 19.3 Å². The van der Waals surface area contributed by atoms with Gasteiger partial charge >= 0.3 is 11.9 Å². The van der Waals surface area contributed by atoms with Crippen LogP contribution in [0.3, 0.4) is 0 Å². The number of carboxylic acid groups (broad SMARTS) is 1. The summed E-state index contributed by atoms with van der Waals surface area (Å²) in [4.78, 5) is 39.3. The molecule has 5 aliphatic carbocycles. The molecule has 0 heterocycles. The lowest BCUT2D eigenvalue weighted by Gasteiger charge is -2.70. The molecule has 40 heavy (non-hydrogen) atoms. The highest BCUT2D eigenvalue weighted by Gasteiger charge is 2.70. The van der Waals surface area contributed by atoms with E-state index in [0.717, 1.165) is 38.5 Å². The normalized spacial score (nSPS) is 48.4. The van der Waals surface area contributed by atoms with Crippen molar-refractivity contribution in [2.75, 3.05) is 6.61 Å². The molecule has 4 saturated carbocycles. The molecule has 0 unspecified atom stereocenters. The molecule has 0 aromatic heterocycles. The van der Waals surface area contributed by atoms with Gasteiger partial charge in [0, 0.05) is 11.3 Å². The molecule has 7 nitrogen and oxygen atoms in total. The zero-order valence-corrected chi connectivity index (χ0v) is 25.6. The molecule has 5 rings (SSSR count). The maximum Gasteiger partial charge on any atom is 0.325 e. The fourth-order valence-corrected chi connectivity index (χ4v) is 10.9. The Hall–Kier alpha value is -1.73. The van der Waals surface area contributed by atoms with Crippen molar-refractivity contribution in [3.63, 3.8) is 0 Å². The summed E-state index contributed by atoms with van der Waals surface area (Å²) in [7, 11) is 0. The summed E-state index contributed by atoms with van der Waals surface area (Å²) in [6.45, 7) is 15.1. The molecule has 0 spiro atoms. The minimum absolute atomic E-state index is 0.0320. The fraction of sp³-hybridized carbons (Fsp3) is 0.848.